The molecule has 0 unspecified atom stereocenters. The maximum absolute atomic E-state index is 12.1. The summed E-state index contributed by atoms with van der Waals surface area (Å²) in [6, 6.07) is 8.46. The van der Waals surface area contributed by atoms with Crippen LogP contribution in [0.2, 0.25) is 0 Å². The van der Waals surface area contributed by atoms with Crippen molar-refractivity contribution in [2.75, 3.05) is 5.32 Å². The molecule has 108 valence electrons. The van der Waals surface area contributed by atoms with E-state index < -0.39 is 11.8 Å². The highest BCUT2D eigenvalue weighted by Gasteiger charge is 2.14. The highest BCUT2D eigenvalue weighted by Crippen LogP contribution is 2.26. The Morgan fingerprint density at radius 2 is 1.76 bits per heavy atom. The molecule has 0 saturated carbocycles. The number of aromatic hydroxyl groups is 2. The molecule has 2 aromatic carbocycles. The van der Waals surface area contributed by atoms with Gasteiger partial charge in [-0.2, -0.15) is 0 Å². The summed E-state index contributed by atoms with van der Waals surface area (Å²) in [6.07, 6.45) is 0. The number of benzene rings is 2. The molecular formula is C15H14N2O4. The predicted octanol–water partition coefficient (Wildman–Crippen LogP) is 1.76. The number of primary amides is 1. The van der Waals surface area contributed by atoms with Crippen molar-refractivity contribution in [1.29, 1.82) is 0 Å². The third kappa shape index (κ3) is 3.11. The summed E-state index contributed by atoms with van der Waals surface area (Å²) < 4.78 is 0. The fraction of sp³-hybridized carbons (Fsp3) is 0.0667. The van der Waals surface area contributed by atoms with Crippen LogP contribution < -0.4 is 11.1 Å². The smallest absolute Gasteiger partial charge is 0.259 e. The molecule has 0 radical (unpaired) electrons. The fourth-order valence-electron chi connectivity index (χ4n) is 1.81. The van der Waals surface area contributed by atoms with E-state index in [2.05, 4.69) is 5.32 Å². The van der Waals surface area contributed by atoms with Gasteiger partial charge in [0.15, 0.2) is 0 Å². The van der Waals surface area contributed by atoms with Crippen LogP contribution in [0, 0.1) is 6.92 Å². The number of nitrogens with one attached hydrogen (secondary N) is 1. The van der Waals surface area contributed by atoms with E-state index in [1.807, 2.05) is 0 Å². The molecule has 0 saturated heterocycles. The van der Waals surface area contributed by atoms with Crippen LogP contribution >= 0.6 is 0 Å². The molecule has 0 heterocycles. The van der Waals surface area contributed by atoms with E-state index >= 15 is 0 Å². The average molecular weight is 286 g/mol. The van der Waals surface area contributed by atoms with E-state index in [1.54, 1.807) is 13.0 Å². The second-order valence-electron chi connectivity index (χ2n) is 4.57. The van der Waals surface area contributed by atoms with Crippen molar-refractivity contribution in [3.63, 3.8) is 0 Å². The van der Waals surface area contributed by atoms with Crippen LogP contribution in [0.5, 0.6) is 11.5 Å². The normalized spacial score (nSPS) is 10.1. The van der Waals surface area contributed by atoms with Gasteiger partial charge < -0.3 is 21.3 Å². The van der Waals surface area contributed by atoms with Gasteiger partial charge >= 0.3 is 0 Å². The van der Waals surface area contributed by atoms with Gasteiger partial charge in [-0.3, -0.25) is 9.59 Å². The summed E-state index contributed by atoms with van der Waals surface area (Å²) in [6.45, 7) is 1.78. The zero-order valence-corrected chi connectivity index (χ0v) is 11.3. The Morgan fingerprint density at radius 1 is 1.05 bits per heavy atom. The van der Waals surface area contributed by atoms with Gasteiger partial charge in [0.2, 0.25) is 5.91 Å². The molecular weight excluding hydrogens is 272 g/mol. The Labute approximate surface area is 120 Å². The first kappa shape index (κ1) is 14.4. The molecule has 6 nitrogen and oxygen atoms in total. The van der Waals surface area contributed by atoms with Gasteiger partial charge in [0.05, 0.1) is 11.3 Å². The van der Waals surface area contributed by atoms with E-state index in [1.165, 1.54) is 30.3 Å². The molecule has 2 aromatic rings. The third-order valence-corrected chi connectivity index (χ3v) is 2.93. The highest BCUT2D eigenvalue weighted by atomic mass is 16.3. The van der Waals surface area contributed by atoms with Gasteiger partial charge in [0.25, 0.3) is 5.91 Å². The molecule has 0 bridgehead atoms. The van der Waals surface area contributed by atoms with Crippen molar-refractivity contribution < 1.29 is 19.8 Å². The summed E-state index contributed by atoms with van der Waals surface area (Å²) in [5.74, 6) is -1.66. The number of carbonyl (C=O) groups is 2. The van der Waals surface area contributed by atoms with Gasteiger partial charge in [-0.1, -0.05) is 6.07 Å². The molecule has 0 fully saturated rings. The second kappa shape index (κ2) is 5.54. The Morgan fingerprint density at radius 3 is 2.38 bits per heavy atom. The SMILES string of the molecule is Cc1ccc(C(=O)Nc2cc(C(N)=O)ccc2O)c(O)c1. The van der Waals surface area contributed by atoms with Crippen LogP contribution in [0.1, 0.15) is 26.3 Å². The molecule has 0 atom stereocenters. The van der Waals surface area contributed by atoms with Crippen molar-refractivity contribution >= 4 is 17.5 Å². The van der Waals surface area contributed by atoms with Crippen LogP contribution in [-0.2, 0) is 0 Å². The van der Waals surface area contributed by atoms with E-state index in [-0.39, 0.29) is 28.3 Å². The van der Waals surface area contributed by atoms with Crippen LogP contribution in [0.15, 0.2) is 36.4 Å². The highest BCUT2D eigenvalue weighted by molar-refractivity contribution is 6.07. The standard InChI is InChI=1S/C15H14N2O4/c1-8-2-4-10(13(19)6-8)15(21)17-11-7-9(14(16)20)3-5-12(11)18/h2-7,18-19H,1H3,(H2,16,20)(H,17,21). The van der Waals surface area contributed by atoms with Gasteiger partial charge in [0, 0.05) is 5.56 Å². The van der Waals surface area contributed by atoms with Crippen molar-refractivity contribution in [3.8, 4) is 11.5 Å². The lowest BCUT2D eigenvalue weighted by Gasteiger charge is -2.10. The molecule has 6 heteroatoms. The molecule has 2 rings (SSSR count). The summed E-state index contributed by atoms with van der Waals surface area (Å²) in [5, 5.41) is 21.9. The summed E-state index contributed by atoms with van der Waals surface area (Å²) in [5.41, 5.74) is 6.20. The molecule has 0 aliphatic heterocycles. The molecule has 0 spiro atoms. The first-order valence-corrected chi connectivity index (χ1v) is 6.12. The lowest BCUT2D eigenvalue weighted by molar-refractivity contribution is 0.0995. The second-order valence-corrected chi connectivity index (χ2v) is 4.57. The number of phenolic OH excluding ortho intramolecular Hbond substituents is 2. The van der Waals surface area contributed by atoms with Crippen molar-refractivity contribution in [2.45, 2.75) is 6.92 Å². The Kier molecular flexibility index (Phi) is 3.80. The zero-order chi connectivity index (χ0) is 15.6. The minimum Gasteiger partial charge on any atom is -0.507 e. The van der Waals surface area contributed by atoms with Crippen molar-refractivity contribution in [3.05, 3.63) is 53.1 Å². The first-order chi connectivity index (χ1) is 9.88. The van der Waals surface area contributed by atoms with Gasteiger partial charge in [0.1, 0.15) is 11.5 Å². The molecule has 0 aromatic heterocycles. The third-order valence-electron chi connectivity index (χ3n) is 2.93. The Bertz CT molecular complexity index is 726. The van der Waals surface area contributed by atoms with Gasteiger partial charge in [-0.15, -0.1) is 0 Å². The minimum atomic E-state index is -0.677. The minimum absolute atomic E-state index is 0.0382. The quantitative estimate of drug-likeness (QED) is 0.644. The topological polar surface area (TPSA) is 113 Å². The maximum atomic E-state index is 12.1. The Hall–Kier alpha value is -3.02. The number of hydrogen-bond donors (Lipinski definition) is 4. The van der Waals surface area contributed by atoms with Crippen LogP contribution in [0.3, 0.4) is 0 Å². The molecule has 5 N–H and O–H groups in total. The van der Waals surface area contributed by atoms with E-state index in [4.69, 9.17) is 5.73 Å². The van der Waals surface area contributed by atoms with Crippen molar-refractivity contribution in [2.24, 2.45) is 5.73 Å². The lowest BCUT2D eigenvalue weighted by atomic mass is 10.1. The number of nitrogens with two attached hydrogens (primary N) is 1. The number of hydrogen-bond acceptors (Lipinski definition) is 4. The lowest BCUT2D eigenvalue weighted by Crippen LogP contribution is -2.14. The summed E-state index contributed by atoms with van der Waals surface area (Å²) in [7, 11) is 0. The Balaban J connectivity index is 2.31. The molecule has 0 aliphatic rings. The van der Waals surface area contributed by atoms with Crippen LogP contribution in [0.4, 0.5) is 5.69 Å². The molecule has 21 heavy (non-hydrogen) atoms. The van der Waals surface area contributed by atoms with Crippen LogP contribution in [0.25, 0.3) is 0 Å². The number of phenols is 2. The monoisotopic (exact) mass is 286 g/mol. The molecule has 2 amide bonds. The van der Waals surface area contributed by atoms with E-state index in [0.29, 0.717) is 0 Å². The number of aryl methyl sites for hydroxylation is 1. The largest absolute Gasteiger partial charge is 0.507 e. The predicted molar refractivity (Wildman–Crippen MR) is 77.4 cm³/mol. The zero-order valence-electron chi connectivity index (χ0n) is 11.3. The first-order valence-electron chi connectivity index (χ1n) is 6.12. The fourth-order valence-corrected chi connectivity index (χ4v) is 1.81. The summed E-state index contributed by atoms with van der Waals surface area (Å²) in [4.78, 5) is 23.2. The van der Waals surface area contributed by atoms with E-state index in [9.17, 15) is 19.8 Å². The maximum Gasteiger partial charge on any atom is 0.259 e. The van der Waals surface area contributed by atoms with Crippen molar-refractivity contribution in [1.82, 2.24) is 0 Å². The van der Waals surface area contributed by atoms with Crippen LogP contribution in [-0.4, -0.2) is 22.0 Å². The summed E-state index contributed by atoms with van der Waals surface area (Å²) >= 11 is 0. The van der Waals surface area contributed by atoms with Gasteiger partial charge in [-0.05, 0) is 42.8 Å². The van der Waals surface area contributed by atoms with Gasteiger partial charge in [-0.25, -0.2) is 0 Å². The number of amides is 2. The number of carbonyl (C=O) groups excluding carboxylic acids is 2. The van der Waals surface area contributed by atoms with E-state index in [0.717, 1.165) is 5.56 Å². The molecule has 0 aliphatic carbocycles. The number of rotatable bonds is 3. The number of anilines is 1. The average Bonchev–Trinajstić information content (AvgIpc) is 2.40.